The summed E-state index contributed by atoms with van der Waals surface area (Å²) in [5, 5.41) is 7.98. The summed E-state index contributed by atoms with van der Waals surface area (Å²) in [6.45, 7) is 2.14. The zero-order valence-corrected chi connectivity index (χ0v) is 28.6. The van der Waals surface area contributed by atoms with Gasteiger partial charge in [0.2, 0.25) is 0 Å². The lowest BCUT2D eigenvalue weighted by molar-refractivity contribution is 1.29. The zero-order chi connectivity index (χ0) is 33.0. The third kappa shape index (κ3) is 5.67. The first-order chi connectivity index (χ1) is 24.2. The van der Waals surface area contributed by atoms with Crippen LogP contribution < -0.4 is 25.6 Å². The van der Waals surface area contributed by atoms with Gasteiger partial charge in [-0.2, -0.15) is 0 Å². The van der Waals surface area contributed by atoms with Crippen molar-refractivity contribution in [3.8, 4) is 11.1 Å². The van der Waals surface area contributed by atoms with Crippen molar-refractivity contribution in [3.05, 3.63) is 212 Å². The average molecular weight is 644 g/mol. The van der Waals surface area contributed by atoms with E-state index in [-0.39, 0.29) is 0 Å². The average Bonchev–Trinajstić information content (AvgIpc) is 3.18. The summed E-state index contributed by atoms with van der Waals surface area (Å²) in [5.41, 5.74) is 7.10. The molecule has 0 saturated heterocycles. The third-order valence-corrected chi connectivity index (χ3v) is 14.5. The number of anilines is 3. The largest absolute Gasteiger partial charge is 0.310 e. The van der Waals surface area contributed by atoms with Crippen LogP contribution in [0.25, 0.3) is 21.9 Å². The van der Waals surface area contributed by atoms with E-state index in [2.05, 4.69) is 218 Å². The Morgan fingerprint density at radius 3 is 1.29 bits per heavy atom. The smallest absolute Gasteiger partial charge is 0.179 e. The maximum Gasteiger partial charge on any atom is 0.179 e. The minimum Gasteiger partial charge on any atom is -0.310 e. The van der Waals surface area contributed by atoms with Crippen LogP contribution in [0.15, 0.2) is 206 Å². The second kappa shape index (κ2) is 13.3. The minimum atomic E-state index is -2.56. The lowest BCUT2D eigenvalue weighted by Crippen LogP contribution is -2.74. The van der Waals surface area contributed by atoms with Crippen molar-refractivity contribution in [2.24, 2.45) is 0 Å². The maximum atomic E-state index is 2.37. The molecule has 8 rings (SSSR count). The predicted octanol–water partition coefficient (Wildman–Crippen LogP) is 9.66. The van der Waals surface area contributed by atoms with Gasteiger partial charge in [0.25, 0.3) is 0 Å². The van der Waals surface area contributed by atoms with Gasteiger partial charge in [-0.15, -0.1) is 0 Å². The summed E-state index contributed by atoms with van der Waals surface area (Å²) < 4.78 is 0. The summed E-state index contributed by atoms with van der Waals surface area (Å²) in [6.07, 6.45) is 0. The summed E-state index contributed by atoms with van der Waals surface area (Å²) in [5.74, 6) is 0. The molecule has 8 aromatic carbocycles. The molecule has 0 atom stereocenters. The third-order valence-electron chi connectivity index (χ3n) is 9.70. The molecule has 0 aliphatic heterocycles. The van der Waals surface area contributed by atoms with Gasteiger partial charge in [-0.05, 0) is 74.5 Å². The highest BCUT2D eigenvalue weighted by molar-refractivity contribution is 7.19. The molecule has 0 fully saturated rings. The number of rotatable bonds is 8. The van der Waals surface area contributed by atoms with Gasteiger partial charge in [0.1, 0.15) is 0 Å². The first kappa shape index (κ1) is 30.4. The van der Waals surface area contributed by atoms with E-state index in [9.17, 15) is 0 Å². The van der Waals surface area contributed by atoms with Crippen LogP contribution in [0.4, 0.5) is 17.1 Å². The molecule has 0 N–H and O–H groups in total. The predicted molar refractivity (Wildman–Crippen MR) is 212 cm³/mol. The van der Waals surface area contributed by atoms with Crippen molar-refractivity contribution >= 4 is 56.7 Å². The van der Waals surface area contributed by atoms with E-state index in [0.29, 0.717) is 0 Å². The van der Waals surface area contributed by atoms with Crippen LogP contribution in [0, 0.1) is 6.92 Å². The highest BCUT2D eigenvalue weighted by atomic mass is 28.3. The van der Waals surface area contributed by atoms with Crippen molar-refractivity contribution in [1.82, 2.24) is 0 Å². The molecule has 0 radical (unpaired) electrons. The molecular formula is C47H37NSi. The van der Waals surface area contributed by atoms with Crippen molar-refractivity contribution in [2.45, 2.75) is 6.92 Å². The molecule has 0 amide bonds. The molecule has 0 heterocycles. The van der Waals surface area contributed by atoms with Crippen LogP contribution in [0.5, 0.6) is 0 Å². The van der Waals surface area contributed by atoms with Gasteiger partial charge in [0, 0.05) is 16.8 Å². The fraction of sp³-hybridized carbons (Fsp3) is 0.0213. The number of aryl methyl sites for hydroxylation is 1. The number of fused-ring (bicyclic) bond motifs is 1. The Kier molecular flexibility index (Phi) is 8.23. The minimum absolute atomic E-state index is 1.13. The van der Waals surface area contributed by atoms with Crippen LogP contribution in [0.2, 0.25) is 0 Å². The van der Waals surface area contributed by atoms with Gasteiger partial charge >= 0.3 is 0 Å². The Morgan fingerprint density at radius 1 is 0.347 bits per heavy atom. The van der Waals surface area contributed by atoms with Gasteiger partial charge in [-0.1, -0.05) is 181 Å². The van der Waals surface area contributed by atoms with Crippen molar-refractivity contribution in [3.63, 3.8) is 0 Å². The lowest BCUT2D eigenvalue weighted by atomic mass is 10.0. The van der Waals surface area contributed by atoms with E-state index in [1.54, 1.807) is 0 Å². The SMILES string of the molecule is Cc1ccc(N(c2ccc(-c3ccc([Si](c4ccccc4)(c4ccccc4)c4ccccc4)cc3)cc2)c2cccc3ccccc23)cc1. The summed E-state index contributed by atoms with van der Waals surface area (Å²) >= 11 is 0. The highest BCUT2D eigenvalue weighted by Gasteiger charge is 2.41. The quantitative estimate of drug-likeness (QED) is 0.118. The first-order valence-electron chi connectivity index (χ1n) is 16.9. The first-order valence-corrected chi connectivity index (χ1v) is 18.9. The maximum absolute atomic E-state index is 2.56. The molecule has 0 aliphatic carbocycles. The second-order valence-corrected chi connectivity index (χ2v) is 16.5. The Labute approximate surface area is 290 Å². The molecule has 0 bridgehead atoms. The zero-order valence-electron chi connectivity index (χ0n) is 27.6. The van der Waals surface area contributed by atoms with Gasteiger partial charge in [-0.25, -0.2) is 0 Å². The fourth-order valence-corrected chi connectivity index (χ4v) is 12.0. The van der Waals surface area contributed by atoms with Gasteiger partial charge in [-0.3, -0.25) is 0 Å². The second-order valence-electron chi connectivity index (χ2n) is 12.6. The fourth-order valence-electron chi connectivity index (χ4n) is 7.30. The van der Waals surface area contributed by atoms with Crippen LogP contribution >= 0.6 is 0 Å². The number of hydrogen-bond acceptors (Lipinski definition) is 1. The number of hydrogen-bond donors (Lipinski definition) is 0. The number of benzene rings is 8. The lowest BCUT2D eigenvalue weighted by Gasteiger charge is -2.34. The van der Waals surface area contributed by atoms with E-state index in [4.69, 9.17) is 0 Å². The molecule has 2 heteroatoms. The highest BCUT2D eigenvalue weighted by Crippen LogP contribution is 2.39. The molecule has 49 heavy (non-hydrogen) atoms. The molecule has 8 aromatic rings. The Balaban J connectivity index is 1.21. The van der Waals surface area contributed by atoms with Gasteiger partial charge < -0.3 is 4.90 Å². The van der Waals surface area contributed by atoms with Crippen molar-refractivity contribution in [2.75, 3.05) is 4.90 Å². The van der Waals surface area contributed by atoms with E-state index >= 15 is 0 Å². The van der Waals surface area contributed by atoms with Gasteiger partial charge in [0.15, 0.2) is 8.07 Å². The van der Waals surface area contributed by atoms with Crippen LogP contribution in [0.1, 0.15) is 5.56 Å². The van der Waals surface area contributed by atoms with E-state index < -0.39 is 8.07 Å². The monoisotopic (exact) mass is 643 g/mol. The van der Waals surface area contributed by atoms with Crippen LogP contribution in [-0.2, 0) is 0 Å². The van der Waals surface area contributed by atoms with Crippen molar-refractivity contribution < 1.29 is 0 Å². The van der Waals surface area contributed by atoms with E-state index in [1.165, 1.54) is 53.9 Å². The molecule has 1 nitrogen and oxygen atoms in total. The molecule has 0 unspecified atom stereocenters. The van der Waals surface area contributed by atoms with Crippen LogP contribution in [0.3, 0.4) is 0 Å². The molecule has 234 valence electrons. The normalized spacial score (nSPS) is 11.4. The molecule has 0 spiro atoms. The number of nitrogens with zero attached hydrogens (tertiary/aromatic N) is 1. The van der Waals surface area contributed by atoms with Crippen LogP contribution in [-0.4, -0.2) is 8.07 Å². The molecule has 0 aromatic heterocycles. The van der Waals surface area contributed by atoms with Gasteiger partial charge in [0.05, 0.1) is 5.69 Å². The topological polar surface area (TPSA) is 3.24 Å². The summed E-state index contributed by atoms with van der Waals surface area (Å²) in [7, 11) is -2.56. The summed E-state index contributed by atoms with van der Waals surface area (Å²) in [4.78, 5) is 2.37. The Bertz CT molecular complexity index is 2200. The van der Waals surface area contributed by atoms with E-state index in [1.807, 2.05) is 0 Å². The molecular weight excluding hydrogens is 607 g/mol. The summed E-state index contributed by atoms with van der Waals surface area (Å²) in [6, 6.07) is 75.7. The van der Waals surface area contributed by atoms with Crippen molar-refractivity contribution in [1.29, 1.82) is 0 Å². The standard InChI is InChI=1S/C47H37NSi/c1-36-24-30-40(31-25-36)48(47-23-13-15-39-14-11-12-22-46(39)47)41-32-26-37(27-33-41)38-28-34-45(35-29-38)49(42-16-5-2-6-17-42,43-18-7-3-8-19-43)44-20-9-4-10-21-44/h2-35H,1H3. The Morgan fingerprint density at radius 2 is 0.755 bits per heavy atom. The molecule has 0 aliphatic rings. The molecule has 0 saturated carbocycles. The van der Waals surface area contributed by atoms with E-state index in [0.717, 1.165) is 11.4 Å². The Hall–Kier alpha value is -5.96.